The average molecular weight is 324 g/mol. The average Bonchev–Trinajstić information content (AvgIpc) is 2.63. The lowest BCUT2D eigenvalue weighted by Crippen LogP contribution is -2.41. The summed E-state index contributed by atoms with van der Waals surface area (Å²) in [5.41, 5.74) is 1.93. The van der Waals surface area contributed by atoms with Gasteiger partial charge in [0.1, 0.15) is 11.9 Å². The molecule has 1 aliphatic heterocycles. The molecule has 0 N–H and O–H groups in total. The van der Waals surface area contributed by atoms with Crippen LogP contribution in [0.1, 0.15) is 50.5 Å². The van der Waals surface area contributed by atoms with E-state index in [1.54, 1.807) is 12.1 Å². The van der Waals surface area contributed by atoms with Gasteiger partial charge >= 0.3 is 0 Å². The van der Waals surface area contributed by atoms with E-state index in [-0.39, 0.29) is 12.0 Å². The van der Waals surface area contributed by atoms with E-state index in [0.717, 1.165) is 44.5 Å². The van der Waals surface area contributed by atoms with Gasteiger partial charge in [-0.2, -0.15) is 5.26 Å². The third-order valence-electron chi connectivity index (χ3n) is 4.82. The van der Waals surface area contributed by atoms with Crippen LogP contribution in [0.5, 0.6) is 5.75 Å². The molecular weight excluding hydrogens is 300 g/mol. The second-order valence-corrected chi connectivity index (χ2v) is 6.62. The molecule has 3 rings (SSSR count). The van der Waals surface area contributed by atoms with Crippen LogP contribution in [-0.2, 0) is 4.79 Å². The van der Waals surface area contributed by atoms with Gasteiger partial charge in [-0.15, -0.1) is 0 Å². The van der Waals surface area contributed by atoms with Crippen LogP contribution < -0.4 is 4.74 Å². The van der Waals surface area contributed by atoms with Gasteiger partial charge in [-0.25, -0.2) is 0 Å². The molecule has 4 nitrogen and oxygen atoms in total. The summed E-state index contributed by atoms with van der Waals surface area (Å²) in [5.74, 6) is 0.999. The van der Waals surface area contributed by atoms with Gasteiger partial charge < -0.3 is 9.64 Å². The Morgan fingerprint density at radius 3 is 2.83 bits per heavy atom. The number of carbonyl (C=O) groups is 1. The fraction of sp³-hybridized carbons (Fsp3) is 0.500. The van der Waals surface area contributed by atoms with E-state index in [4.69, 9.17) is 10.00 Å². The van der Waals surface area contributed by atoms with Crippen molar-refractivity contribution in [2.24, 2.45) is 0 Å². The summed E-state index contributed by atoms with van der Waals surface area (Å²) < 4.78 is 5.98. The van der Waals surface area contributed by atoms with Crippen LogP contribution in [0.3, 0.4) is 0 Å². The molecule has 1 aromatic rings. The maximum atomic E-state index is 12.4. The van der Waals surface area contributed by atoms with Crippen LogP contribution in [-0.4, -0.2) is 30.0 Å². The smallest absolute Gasteiger partial charge is 0.226 e. The van der Waals surface area contributed by atoms with Crippen LogP contribution >= 0.6 is 0 Å². The number of allylic oxidation sites excluding steroid dienone is 1. The third-order valence-corrected chi connectivity index (χ3v) is 4.82. The Labute approximate surface area is 143 Å². The molecule has 4 heteroatoms. The highest BCUT2D eigenvalue weighted by Gasteiger charge is 2.24. The summed E-state index contributed by atoms with van der Waals surface area (Å²) in [4.78, 5) is 14.4. The second kappa shape index (κ2) is 8.01. The van der Waals surface area contributed by atoms with Gasteiger partial charge in [-0.05, 0) is 43.9 Å². The zero-order chi connectivity index (χ0) is 16.8. The van der Waals surface area contributed by atoms with E-state index in [0.29, 0.717) is 12.0 Å². The van der Waals surface area contributed by atoms with E-state index in [1.165, 1.54) is 18.4 Å². The standard InChI is InChI=1S/C20H24N2O2/c21-15-17-7-4-8-19(13-17)24-18-9-11-22(12-10-18)20(23)14-16-5-2-1-3-6-16/h4-5,7-8,13,18H,1-3,6,9-12,14H2. The zero-order valence-corrected chi connectivity index (χ0v) is 14.0. The summed E-state index contributed by atoms with van der Waals surface area (Å²) in [7, 11) is 0. The molecule has 2 aliphatic rings. The fourth-order valence-corrected chi connectivity index (χ4v) is 3.43. The molecule has 1 amide bonds. The van der Waals surface area contributed by atoms with Crippen molar-refractivity contribution in [3.63, 3.8) is 0 Å². The lowest BCUT2D eigenvalue weighted by Gasteiger charge is -2.32. The highest BCUT2D eigenvalue weighted by molar-refractivity contribution is 5.78. The quantitative estimate of drug-likeness (QED) is 0.791. The number of benzene rings is 1. The summed E-state index contributed by atoms with van der Waals surface area (Å²) in [6, 6.07) is 9.39. The number of amides is 1. The summed E-state index contributed by atoms with van der Waals surface area (Å²) in [6.45, 7) is 1.52. The van der Waals surface area contributed by atoms with Gasteiger partial charge in [0.25, 0.3) is 0 Å². The van der Waals surface area contributed by atoms with Gasteiger partial charge in [-0.1, -0.05) is 17.7 Å². The predicted octanol–water partition coefficient (Wildman–Crippen LogP) is 3.82. The number of likely N-dealkylation sites (tertiary alicyclic amines) is 1. The number of hydrogen-bond donors (Lipinski definition) is 0. The molecule has 1 saturated heterocycles. The molecule has 1 aromatic carbocycles. The van der Waals surface area contributed by atoms with Gasteiger partial charge in [0.2, 0.25) is 5.91 Å². The molecule has 1 fully saturated rings. The zero-order valence-electron chi connectivity index (χ0n) is 14.0. The minimum absolute atomic E-state index is 0.122. The maximum absolute atomic E-state index is 12.4. The topological polar surface area (TPSA) is 53.3 Å². The molecule has 0 aromatic heterocycles. The van der Waals surface area contributed by atoms with Gasteiger partial charge in [0.15, 0.2) is 0 Å². The first-order chi connectivity index (χ1) is 11.7. The normalized spacial score (nSPS) is 18.6. The Morgan fingerprint density at radius 1 is 1.29 bits per heavy atom. The molecule has 1 heterocycles. The minimum atomic E-state index is 0.122. The fourth-order valence-electron chi connectivity index (χ4n) is 3.43. The molecule has 0 saturated carbocycles. The Bertz CT molecular complexity index is 652. The van der Waals surface area contributed by atoms with Crippen LogP contribution in [0.2, 0.25) is 0 Å². The van der Waals surface area contributed by atoms with Crippen molar-refractivity contribution in [3.05, 3.63) is 41.5 Å². The lowest BCUT2D eigenvalue weighted by molar-refractivity contribution is -0.132. The van der Waals surface area contributed by atoms with Crippen molar-refractivity contribution in [3.8, 4) is 11.8 Å². The SMILES string of the molecule is N#Cc1cccc(OC2CCN(C(=O)CC3=CCCCC3)CC2)c1. The monoisotopic (exact) mass is 324 g/mol. The van der Waals surface area contributed by atoms with E-state index in [2.05, 4.69) is 12.1 Å². The number of nitriles is 1. The molecule has 0 spiro atoms. The Balaban J connectivity index is 1.47. The first-order valence-electron chi connectivity index (χ1n) is 8.87. The van der Waals surface area contributed by atoms with Crippen molar-refractivity contribution in [2.75, 3.05) is 13.1 Å². The van der Waals surface area contributed by atoms with Crippen molar-refractivity contribution >= 4 is 5.91 Å². The van der Waals surface area contributed by atoms with Gasteiger partial charge in [0.05, 0.1) is 11.6 Å². The van der Waals surface area contributed by atoms with Gasteiger partial charge in [0, 0.05) is 32.4 Å². The van der Waals surface area contributed by atoms with Crippen LogP contribution in [0, 0.1) is 11.3 Å². The molecule has 0 atom stereocenters. The Kier molecular flexibility index (Phi) is 5.53. The highest BCUT2D eigenvalue weighted by Crippen LogP contribution is 2.23. The van der Waals surface area contributed by atoms with Crippen molar-refractivity contribution in [1.82, 2.24) is 4.90 Å². The molecular formula is C20H24N2O2. The number of hydrogen-bond acceptors (Lipinski definition) is 3. The first kappa shape index (κ1) is 16.6. The van der Waals surface area contributed by atoms with E-state index >= 15 is 0 Å². The van der Waals surface area contributed by atoms with Gasteiger partial charge in [-0.3, -0.25) is 4.79 Å². The molecule has 24 heavy (non-hydrogen) atoms. The third kappa shape index (κ3) is 4.38. The summed E-state index contributed by atoms with van der Waals surface area (Å²) >= 11 is 0. The first-order valence-corrected chi connectivity index (χ1v) is 8.87. The molecule has 126 valence electrons. The van der Waals surface area contributed by atoms with E-state index in [1.807, 2.05) is 17.0 Å². The van der Waals surface area contributed by atoms with Crippen molar-refractivity contribution in [2.45, 2.75) is 51.0 Å². The van der Waals surface area contributed by atoms with Crippen molar-refractivity contribution in [1.29, 1.82) is 5.26 Å². The van der Waals surface area contributed by atoms with E-state index < -0.39 is 0 Å². The second-order valence-electron chi connectivity index (χ2n) is 6.62. The summed E-state index contributed by atoms with van der Waals surface area (Å²) in [6.07, 6.45) is 9.35. The number of piperidine rings is 1. The largest absolute Gasteiger partial charge is 0.490 e. The summed E-state index contributed by atoms with van der Waals surface area (Å²) in [5, 5.41) is 8.94. The molecule has 0 unspecified atom stereocenters. The number of rotatable bonds is 4. The molecule has 0 bridgehead atoms. The number of nitrogens with zero attached hydrogens (tertiary/aromatic N) is 2. The predicted molar refractivity (Wildman–Crippen MR) is 92.6 cm³/mol. The van der Waals surface area contributed by atoms with Crippen LogP contribution in [0.15, 0.2) is 35.9 Å². The van der Waals surface area contributed by atoms with Crippen LogP contribution in [0.25, 0.3) is 0 Å². The van der Waals surface area contributed by atoms with Crippen LogP contribution in [0.4, 0.5) is 0 Å². The molecule has 1 aliphatic carbocycles. The number of ether oxygens (including phenoxy) is 1. The van der Waals surface area contributed by atoms with Crippen molar-refractivity contribution < 1.29 is 9.53 Å². The Hall–Kier alpha value is -2.28. The lowest BCUT2D eigenvalue weighted by atomic mass is 9.96. The van der Waals surface area contributed by atoms with E-state index in [9.17, 15) is 4.79 Å². The molecule has 0 radical (unpaired) electrons. The number of carbonyl (C=O) groups excluding carboxylic acids is 1. The minimum Gasteiger partial charge on any atom is -0.490 e. The maximum Gasteiger partial charge on any atom is 0.226 e. The Morgan fingerprint density at radius 2 is 2.12 bits per heavy atom. The highest BCUT2D eigenvalue weighted by atomic mass is 16.5.